The minimum atomic E-state index is -0.0869. The smallest absolute Gasteiger partial charge is 0.263 e. The van der Waals surface area contributed by atoms with Crippen molar-refractivity contribution >= 4 is 27.9 Å². The second-order valence-corrected chi connectivity index (χ2v) is 6.42. The summed E-state index contributed by atoms with van der Waals surface area (Å²) < 4.78 is 0. The molecule has 118 valence electrons. The molecule has 4 N–H and O–H groups in total. The lowest BCUT2D eigenvalue weighted by Gasteiger charge is -2.18. The highest BCUT2D eigenvalue weighted by atomic mass is 32.1. The zero-order valence-electron chi connectivity index (χ0n) is 13.2. The van der Waals surface area contributed by atoms with Crippen molar-refractivity contribution in [3.05, 3.63) is 10.4 Å². The maximum absolute atomic E-state index is 11.9. The Bertz CT molecular complexity index is 492. The second-order valence-electron chi connectivity index (χ2n) is 5.39. The van der Waals surface area contributed by atoms with Crippen molar-refractivity contribution in [2.75, 3.05) is 44.3 Å². The number of nitrogen functional groups attached to an aromatic ring is 1. The van der Waals surface area contributed by atoms with E-state index in [1.807, 2.05) is 0 Å². The van der Waals surface area contributed by atoms with E-state index in [-0.39, 0.29) is 5.91 Å². The fourth-order valence-corrected chi connectivity index (χ4v) is 3.69. The SMILES string of the molecule is CCN(CC)CCNc1sc(C(=O)NC)c(N)c1C1CC1. The Labute approximate surface area is 130 Å². The predicted octanol–water partition coefficient (Wildman–Crippen LogP) is 2.32. The summed E-state index contributed by atoms with van der Waals surface area (Å²) in [5, 5.41) is 7.24. The lowest BCUT2D eigenvalue weighted by Crippen LogP contribution is -2.28. The van der Waals surface area contributed by atoms with Crippen LogP contribution in [0, 0.1) is 0 Å². The molecule has 1 aromatic heterocycles. The number of rotatable bonds is 8. The van der Waals surface area contributed by atoms with Crippen LogP contribution in [0.5, 0.6) is 0 Å². The lowest BCUT2D eigenvalue weighted by molar-refractivity contribution is 0.0968. The summed E-state index contributed by atoms with van der Waals surface area (Å²) in [6.45, 7) is 8.35. The van der Waals surface area contributed by atoms with Gasteiger partial charge in [0.25, 0.3) is 5.91 Å². The number of carbonyl (C=O) groups excluding carboxylic acids is 1. The molecule has 0 atom stereocenters. The number of nitrogens with zero attached hydrogens (tertiary/aromatic N) is 1. The average molecular weight is 310 g/mol. The van der Waals surface area contributed by atoms with Crippen LogP contribution in [0.25, 0.3) is 0 Å². The Hall–Kier alpha value is -1.27. The maximum Gasteiger partial charge on any atom is 0.263 e. The van der Waals surface area contributed by atoms with Crippen LogP contribution >= 0.6 is 11.3 Å². The fraction of sp³-hybridized carbons (Fsp3) is 0.667. The lowest BCUT2D eigenvalue weighted by atomic mass is 10.1. The molecule has 21 heavy (non-hydrogen) atoms. The van der Waals surface area contributed by atoms with E-state index >= 15 is 0 Å². The number of amides is 1. The van der Waals surface area contributed by atoms with Crippen LogP contribution in [0.15, 0.2) is 0 Å². The van der Waals surface area contributed by atoms with Crippen molar-refractivity contribution in [3.63, 3.8) is 0 Å². The first-order valence-electron chi connectivity index (χ1n) is 7.72. The summed E-state index contributed by atoms with van der Waals surface area (Å²) >= 11 is 1.49. The average Bonchev–Trinajstić information content (AvgIpc) is 3.27. The molecule has 0 saturated heterocycles. The Morgan fingerprint density at radius 3 is 2.57 bits per heavy atom. The first-order valence-corrected chi connectivity index (χ1v) is 8.54. The molecule has 0 unspecified atom stereocenters. The third-order valence-electron chi connectivity index (χ3n) is 4.01. The molecule has 2 rings (SSSR count). The summed E-state index contributed by atoms with van der Waals surface area (Å²) in [6, 6.07) is 0. The van der Waals surface area contributed by atoms with Crippen LogP contribution in [0.1, 0.15) is 47.8 Å². The number of likely N-dealkylation sites (N-methyl/N-ethyl adjacent to an activating group) is 1. The van der Waals surface area contributed by atoms with Gasteiger partial charge < -0.3 is 21.3 Å². The Morgan fingerprint density at radius 1 is 1.38 bits per heavy atom. The van der Waals surface area contributed by atoms with Crippen LogP contribution < -0.4 is 16.4 Å². The normalized spacial score (nSPS) is 14.5. The van der Waals surface area contributed by atoms with Gasteiger partial charge in [-0.1, -0.05) is 13.8 Å². The van der Waals surface area contributed by atoms with E-state index in [0.29, 0.717) is 16.5 Å². The van der Waals surface area contributed by atoms with Gasteiger partial charge in [0.1, 0.15) is 4.88 Å². The van der Waals surface area contributed by atoms with Gasteiger partial charge >= 0.3 is 0 Å². The molecule has 1 aliphatic carbocycles. The molecule has 0 spiro atoms. The van der Waals surface area contributed by atoms with Gasteiger partial charge in [-0.05, 0) is 31.8 Å². The van der Waals surface area contributed by atoms with E-state index in [4.69, 9.17) is 5.73 Å². The molecule has 0 aromatic carbocycles. The number of thiophene rings is 1. The van der Waals surface area contributed by atoms with Gasteiger partial charge in [-0.2, -0.15) is 0 Å². The van der Waals surface area contributed by atoms with Crippen molar-refractivity contribution in [1.29, 1.82) is 0 Å². The third-order valence-corrected chi connectivity index (χ3v) is 5.19. The van der Waals surface area contributed by atoms with Crippen LogP contribution in [-0.2, 0) is 0 Å². The Kier molecular flexibility index (Phi) is 5.47. The Balaban J connectivity index is 2.09. The van der Waals surface area contributed by atoms with Gasteiger partial charge in [0.2, 0.25) is 0 Å². The van der Waals surface area contributed by atoms with Gasteiger partial charge in [0, 0.05) is 25.7 Å². The summed E-state index contributed by atoms with van der Waals surface area (Å²) in [6.07, 6.45) is 2.36. The number of nitrogens with one attached hydrogen (secondary N) is 2. The number of nitrogens with two attached hydrogens (primary N) is 1. The predicted molar refractivity (Wildman–Crippen MR) is 90.4 cm³/mol. The molecule has 1 amide bonds. The van der Waals surface area contributed by atoms with Crippen LogP contribution in [-0.4, -0.2) is 44.0 Å². The second kappa shape index (κ2) is 7.13. The molecule has 1 aromatic rings. The maximum atomic E-state index is 11.9. The quantitative estimate of drug-likeness (QED) is 0.689. The van der Waals surface area contributed by atoms with Gasteiger partial charge in [-0.3, -0.25) is 4.79 Å². The van der Waals surface area contributed by atoms with Crippen molar-refractivity contribution in [1.82, 2.24) is 10.2 Å². The fourth-order valence-electron chi connectivity index (χ4n) is 2.51. The van der Waals surface area contributed by atoms with Crippen molar-refractivity contribution < 1.29 is 4.79 Å². The molecule has 1 heterocycles. The highest BCUT2D eigenvalue weighted by Crippen LogP contribution is 2.50. The van der Waals surface area contributed by atoms with Gasteiger partial charge in [-0.25, -0.2) is 0 Å². The first kappa shape index (κ1) is 16.1. The van der Waals surface area contributed by atoms with E-state index in [2.05, 4.69) is 29.4 Å². The van der Waals surface area contributed by atoms with E-state index in [9.17, 15) is 4.79 Å². The topological polar surface area (TPSA) is 70.4 Å². The molecular formula is C15H26N4OS. The molecule has 0 aliphatic heterocycles. The molecule has 0 radical (unpaired) electrons. The minimum absolute atomic E-state index is 0.0869. The van der Waals surface area contributed by atoms with Gasteiger partial charge in [0.15, 0.2) is 0 Å². The summed E-state index contributed by atoms with van der Waals surface area (Å²) in [4.78, 5) is 14.9. The number of anilines is 2. The first-order chi connectivity index (χ1) is 10.1. The third kappa shape index (κ3) is 3.68. The number of hydrogen-bond donors (Lipinski definition) is 3. The number of carbonyl (C=O) groups is 1. The van der Waals surface area contributed by atoms with E-state index in [1.165, 1.54) is 24.2 Å². The van der Waals surface area contributed by atoms with Crippen molar-refractivity contribution in [3.8, 4) is 0 Å². The molecule has 5 nitrogen and oxygen atoms in total. The summed E-state index contributed by atoms with van der Waals surface area (Å²) in [5.41, 5.74) is 8.04. The van der Waals surface area contributed by atoms with Crippen molar-refractivity contribution in [2.45, 2.75) is 32.6 Å². The van der Waals surface area contributed by atoms with E-state index in [0.717, 1.165) is 36.7 Å². The highest BCUT2D eigenvalue weighted by Gasteiger charge is 2.32. The highest BCUT2D eigenvalue weighted by molar-refractivity contribution is 7.18. The summed E-state index contributed by atoms with van der Waals surface area (Å²) in [7, 11) is 1.64. The largest absolute Gasteiger partial charge is 0.397 e. The zero-order valence-corrected chi connectivity index (χ0v) is 14.0. The zero-order chi connectivity index (χ0) is 15.4. The standard InChI is InChI=1S/C15H26N4OS/c1-4-19(5-2)9-8-18-15-11(10-6-7-10)12(16)13(21-15)14(20)17-3/h10,18H,4-9,16H2,1-3H3,(H,17,20). The molecule has 6 heteroatoms. The molecule has 0 bridgehead atoms. The number of hydrogen-bond acceptors (Lipinski definition) is 5. The molecule has 1 aliphatic rings. The van der Waals surface area contributed by atoms with Crippen LogP contribution in [0.4, 0.5) is 10.7 Å². The molecule has 1 saturated carbocycles. The molecular weight excluding hydrogens is 284 g/mol. The van der Waals surface area contributed by atoms with Crippen LogP contribution in [0.2, 0.25) is 0 Å². The minimum Gasteiger partial charge on any atom is -0.397 e. The van der Waals surface area contributed by atoms with Crippen LogP contribution in [0.3, 0.4) is 0 Å². The Morgan fingerprint density at radius 2 is 2.05 bits per heavy atom. The summed E-state index contributed by atoms with van der Waals surface area (Å²) in [5.74, 6) is 0.451. The monoisotopic (exact) mass is 310 g/mol. The van der Waals surface area contributed by atoms with E-state index < -0.39 is 0 Å². The molecule has 1 fully saturated rings. The van der Waals surface area contributed by atoms with E-state index in [1.54, 1.807) is 7.05 Å². The van der Waals surface area contributed by atoms with Crippen molar-refractivity contribution in [2.24, 2.45) is 0 Å². The van der Waals surface area contributed by atoms with Gasteiger partial charge in [-0.15, -0.1) is 11.3 Å². The van der Waals surface area contributed by atoms with Gasteiger partial charge in [0.05, 0.1) is 10.7 Å².